The molecule has 0 bridgehead atoms. The highest BCUT2D eigenvalue weighted by Crippen LogP contribution is 2.15. The first-order chi connectivity index (χ1) is 13.0. The predicted molar refractivity (Wildman–Crippen MR) is 101 cm³/mol. The summed E-state index contributed by atoms with van der Waals surface area (Å²) in [6.07, 6.45) is 0.814. The van der Waals surface area contributed by atoms with Crippen LogP contribution in [0.4, 0.5) is 4.39 Å². The summed E-state index contributed by atoms with van der Waals surface area (Å²) in [6, 6.07) is 14.7. The van der Waals surface area contributed by atoms with E-state index in [-0.39, 0.29) is 30.8 Å². The molecule has 0 radical (unpaired) electrons. The molecule has 2 N–H and O–H groups in total. The zero-order chi connectivity index (χ0) is 19.6. The predicted octanol–water partition coefficient (Wildman–Crippen LogP) is 2.28. The molecule has 1 atom stereocenters. The van der Waals surface area contributed by atoms with Crippen molar-refractivity contribution in [1.82, 2.24) is 10.2 Å². The summed E-state index contributed by atoms with van der Waals surface area (Å²) < 4.78 is 13.2. The quantitative estimate of drug-likeness (QED) is 0.664. The lowest BCUT2D eigenvalue weighted by Gasteiger charge is -2.30. The van der Waals surface area contributed by atoms with Gasteiger partial charge in [-0.25, -0.2) is 4.39 Å². The lowest BCUT2D eigenvalue weighted by Crippen LogP contribution is -2.50. The number of hydrogen-bond acceptors (Lipinski definition) is 3. The first-order valence-corrected chi connectivity index (χ1v) is 8.95. The van der Waals surface area contributed by atoms with Crippen LogP contribution in [-0.2, 0) is 22.6 Å². The summed E-state index contributed by atoms with van der Waals surface area (Å²) in [5.41, 5.74) is 1.68. The van der Waals surface area contributed by atoms with Crippen LogP contribution in [0.3, 0.4) is 0 Å². The van der Waals surface area contributed by atoms with Gasteiger partial charge in [0.15, 0.2) is 0 Å². The SMILES string of the molecule is CC(=O)N(Cc1ccc(F)cc1)[C@H](Cc1ccccc1)C(=O)NCCCO. The molecule has 0 aliphatic carbocycles. The average molecular weight is 372 g/mol. The monoisotopic (exact) mass is 372 g/mol. The Morgan fingerprint density at radius 2 is 1.74 bits per heavy atom. The van der Waals surface area contributed by atoms with Crippen LogP contribution >= 0.6 is 0 Å². The number of halogens is 1. The highest BCUT2D eigenvalue weighted by molar-refractivity contribution is 5.87. The van der Waals surface area contributed by atoms with E-state index in [1.165, 1.54) is 24.0 Å². The standard InChI is InChI=1S/C21H25FN2O3/c1-16(26)24(15-18-8-10-19(22)11-9-18)20(21(27)23-12-5-13-25)14-17-6-3-2-4-7-17/h2-4,6-11,20,25H,5,12-15H2,1H3,(H,23,27)/t20-/m1/s1. The number of carbonyl (C=O) groups excluding carboxylic acids is 2. The van der Waals surface area contributed by atoms with E-state index in [9.17, 15) is 14.0 Å². The number of benzene rings is 2. The normalized spacial score (nSPS) is 11.7. The van der Waals surface area contributed by atoms with Crippen LogP contribution in [0.1, 0.15) is 24.5 Å². The van der Waals surface area contributed by atoms with Gasteiger partial charge in [0.2, 0.25) is 11.8 Å². The second-order valence-corrected chi connectivity index (χ2v) is 6.35. The number of amides is 2. The highest BCUT2D eigenvalue weighted by Gasteiger charge is 2.28. The van der Waals surface area contributed by atoms with Crippen molar-refractivity contribution in [2.24, 2.45) is 0 Å². The largest absolute Gasteiger partial charge is 0.396 e. The van der Waals surface area contributed by atoms with Crippen molar-refractivity contribution in [3.63, 3.8) is 0 Å². The Morgan fingerprint density at radius 1 is 1.07 bits per heavy atom. The highest BCUT2D eigenvalue weighted by atomic mass is 19.1. The van der Waals surface area contributed by atoms with Gasteiger partial charge in [-0.05, 0) is 29.7 Å². The molecule has 0 aliphatic heterocycles. The van der Waals surface area contributed by atoms with Crippen LogP contribution in [0, 0.1) is 5.82 Å². The Kier molecular flexibility index (Phi) is 7.95. The van der Waals surface area contributed by atoms with Gasteiger partial charge in [-0.2, -0.15) is 0 Å². The van der Waals surface area contributed by atoms with Gasteiger partial charge >= 0.3 is 0 Å². The minimum absolute atomic E-state index is 0.0182. The summed E-state index contributed by atoms with van der Waals surface area (Å²) in [6.45, 7) is 1.95. The summed E-state index contributed by atoms with van der Waals surface area (Å²) in [5, 5.41) is 11.7. The maximum Gasteiger partial charge on any atom is 0.243 e. The molecule has 2 aromatic carbocycles. The Bertz CT molecular complexity index is 735. The molecule has 0 saturated heterocycles. The lowest BCUT2D eigenvalue weighted by molar-refractivity contribution is -0.139. The Hall–Kier alpha value is -2.73. The Labute approximate surface area is 158 Å². The van der Waals surface area contributed by atoms with E-state index in [0.717, 1.165) is 11.1 Å². The molecule has 0 aromatic heterocycles. The van der Waals surface area contributed by atoms with Crippen molar-refractivity contribution in [3.8, 4) is 0 Å². The third kappa shape index (κ3) is 6.49. The zero-order valence-corrected chi connectivity index (χ0v) is 15.4. The molecule has 6 heteroatoms. The van der Waals surface area contributed by atoms with Gasteiger partial charge in [-0.15, -0.1) is 0 Å². The number of aliphatic hydroxyl groups is 1. The van der Waals surface area contributed by atoms with Crippen molar-refractivity contribution in [2.75, 3.05) is 13.2 Å². The molecule has 0 heterocycles. The molecule has 0 unspecified atom stereocenters. The second-order valence-electron chi connectivity index (χ2n) is 6.35. The third-order valence-corrected chi connectivity index (χ3v) is 4.26. The fraction of sp³-hybridized carbons (Fsp3) is 0.333. The van der Waals surface area contributed by atoms with E-state index in [1.54, 1.807) is 12.1 Å². The van der Waals surface area contributed by atoms with Crippen LogP contribution in [-0.4, -0.2) is 41.0 Å². The zero-order valence-electron chi connectivity index (χ0n) is 15.4. The smallest absolute Gasteiger partial charge is 0.243 e. The van der Waals surface area contributed by atoms with Crippen LogP contribution in [0.15, 0.2) is 54.6 Å². The molecule has 27 heavy (non-hydrogen) atoms. The third-order valence-electron chi connectivity index (χ3n) is 4.26. The van der Waals surface area contributed by atoms with E-state index in [0.29, 0.717) is 19.4 Å². The van der Waals surface area contributed by atoms with Crippen molar-refractivity contribution < 1.29 is 19.1 Å². The number of aliphatic hydroxyl groups excluding tert-OH is 1. The Balaban J connectivity index is 2.23. The molecule has 0 spiro atoms. The molecule has 5 nitrogen and oxygen atoms in total. The summed E-state index contributed by atoms with van der Waals surface area (Å²) >= 11 is 0. The van der Waals surface area contributed by atoms with Gasteiger partial charge in [-0.3, -0.25) is 9.59 Å². The molecule has 0 aliphatic rings. The van der Waals surface area contributed by atoms with Crippen LogP contribution in [0.5, 0.6) is 0 Å². The maximum absolute atomic E-state index is 13.2. The molecule has 2 aromatic rings. The summed E-state index contributed by atoms with van der Waals surface area (Å²) in [4.78, 5) is 26.6. The second kappa shape index (κ2) is 10.4. The van der Waals surface area contributed by atoms with E-state index >= 15 is 0 Å². The van der Waals surface area contributed by atoms with Crippen LogP contribution in [0.2, 0.25) is 0 Å². The summed E-state index contributed by atoms with van der Waals surface area (Å²) in [5.74, 6) is -0.863. The van der Waals surface area contributed by atoms with Crippen molar-refractivity contribution in [1.29, 1.82) is 0 Å². The first kappa shape index (κ1) is 20.6. The van der Waals surface area contributed by atoms with Crippen molar-refractivity contribution in [2.45, 2.75) is 32.4 Å². The van der Waals surface area contributed by atoms with Gasteiger partial charge in [0, 0.05) is 33.0 Å². The Morgan fingerprint density at radius 3 is 2.33 bits per heavy atom. The van der Waals surface area contributed by atoms with Gasteiger partial charge in [0.05, 0.1) is 0 Å². The number of carbonyl (C=O) groups is 2. The topological polar surface area (TPSA) is 69.6 Å². The molecular formula is C21H25FN2O3. The minimum atomic E-state index is -0.700. The molecule has 2 amide bonds. The van der Waals surface area contributed by atoms with Crippen molar-refractivity contribution >= 4 is 11.8 Å². The molecular weight excluding hydrogens is 347 g/mol. The lowest BCUT2D eigenvalue weighted by atomic mass is 10.0. The average Bonchev–Trinajstić information content (AvgIpc) is 2.66. The molecule has 0 saturated carbocycles. The van der Waals surface area contributed by atoms with Gasteiger partial charge < -0.3 is 15.3 Å². The number of nitrogens with one attached hydrogen (secondary N) is 1. The van der Waals surface area contributed by atoms with Gasteiger partial charge in [0.25, 0.3) is 0 Å². The molecule has 0 fully saturated rings. The first-order valence-electron chi connectivity index (χ1n) is 8.95. The van der Waals surface area contributed by atoms with E-state index in [2.05, 4.69) is 5.32 Å². The fourth-order valence-electron chi connectivity index (χ4n) is 2.82. The van der Waals surface area contributed by atoms with Gasteiger partial charge in [-0.1, -0.05) is 42.5 Å². The van der Waals surface area contributed by atoms with Crippen LogP contribution in [0.25, 0.3) is 0 Å². The van der Waals surface area contributed by atoms with E-state index in [1.807, 2.05) is 30.3 Å². The van der Waals surface area contributed by atoms with Gasteiger partial charge in [0.1, 0.15) is 11.9 Å². The van der Waals surface area contributed by atoms with Crippen LogP contribution < -0.4 is 5.32 Å². The number of nitrogens with zero attached hydrogens (tertiary/aromatic N) is 1. The number of hydrogen-bond donors (Lipinski definition) is 2. The summed E-state index contributed by atoms with van der Waals surface area (Å²) in [7, 11) is 0. The maximum atomic E-state index is 13.2. The molecule has 2 rings (SSSR count). The fourth-order valence-corrected chi connectivity index (χ4v) is 2.82. The molecule has 144 valence electrons. The van der Waals surface area contributed by atoms with E-state index < -0.39 is 6.04 Å². The minimum Gasteiger partial charge on any atom is -0.396 e. The number of rotatable bonds is 9. The van der Waals surface area contributed by atoms with Crippen molar-refractivity contribution in [3.05, 3.63) is 71.5 Å². The van der Waals surface area contributed by atoms with E-state index in [4.69, 9.17) is 5.11 Å².